The maximum atomic E-state index is 4.60. The first-order valence-electron chi connectivity index (χ1n) is 11.8. The molecule has 0 amide bonds. The molecule has 0 bridgehead atoms. The lowest BCUT2D eigenvalue weighted by molar-refractivity contribution is -0.787. The fourth-order valence-corrected chi connectivity index (χ4v) is 4.13. The number of halogens is 1. The van der Waals surface area contributed by atoms with E-state index >= 15 is 0 Å². The van der Waals surface area contributed by atoms with Gasteiger partial charge in [-0.3, -0.25) is 4.48 Å². The number of amidine groups is 1. The Bertz CT molecular complexity index is 370. The molecule has 1 aliphatic heterocycles. The largest absolute Gasteiger partial charge is 1.00 e. The van der Waals surface area contributed by atoms with Crippen molar-refractivity contribution in [1.82, 2.24) is 0 Å². The van der Waals surface area contributed by atoms with E-state index in [1.54, 1.807) is 0 Å². The Hall–Kier alpha value is -0.150. The number of nitrogens with zero attached hydrogens (tertiary/aromatic N) is 2. The van der Waals surface area contributed by atoms with Gasteiger partial charge in [0, 0.05) is 6.92 Å². The van der Waals surface area contributed by atoms with Crippen LogP contribution in [0.25, 0.3) is 0 Å². The van der Waals surface area contributed by atoms with Crippen molar-refractivity contribution in [3.05, 3.63) is 12.4 Å². The second-order valence-electron chi connectivity index (χ2n) is 8.41. The molecule has 0 radical (unpaired) electrons. The maximum Gasteiger partial charge on any atom is 0.204 e. The molecule has 0 fully saturated rings. The number of quaternary nitrogens is 1. The van der Waals surface area contributed by atoms with Gasteiger partial charge in [-0.05, 0) is 25.7 Å². The van der Waals surface area contributed by atoms with Crippen LogP contribution in [0.5, 0.6) is 0 Å². The summed E-state index contributed by atoms with van der Waals surface area (Å²) in [6.07, 6.45) is 26.9. The molecule has 1 aliphatic rings. The topological polar surface area (TPSA) is 12.4 Å². The quantitative estimate of drug-likeness (QED) is 0.209. The van der Waals surface area contributed by atoms with Crippen molar-refractivity contribution in [2.75, 3.05) is 13.1 Å². The molecule has 0 saturated heterocycles. The van der Waals surface area contributed by atoms with Crippen molar-refractivity contribution in [1.29, 1.82) is 0 Å². The average molecular weight is 444 g/mol. The van der Waals surface area contributed by atoms with E-state index in [9.17, 15) is 0 Å². The molecule has 0 aromatic rings. The van der Waals surface area contributed by atoms with Crippen LogP contribution in [-0.4, -0.2) is 23.4 Å². The summed E-state index contributed by atoms with van der Waals surface area (Å²) in [5.74, 6) is 1.32. The van der Waals surface area contributed by atoms with Crippen LogP contribution in [0.1, 0.15) is 124 Å². The molecule has 0 atom stereocenters. The smallest absolute Gasteiger partial charge is 0.204 e. The monoisotopic (exact) mass is 442 g/mol. The van der Waals surface area contributed by atoms with Gasteiger partial charge < -0.3 is 17.0 Å². The third-order valence-electron chi connectivity index (χ3n) is 6.08. The van der Waals surface area contributed by atoms with Gasteiger partial charge in [0.15, 0.2) is 0 Å². The summed E-state index contributed by atoms with van der Waals surface area (Å²) in [5.41, 5.74) is 0. The van der Waals surface area contributed by atoms with Gasteiger partial charge in [-0.2, -0.15) is 0 Å². The molecular formula is C24H47BrN2. The van der Waals surface area contributed by atoms with E-state index in [1.807, 2.05) is 6.20 Å². The van der Waals surface area contributed by atoms with E-state index in [2.05, 4.69) is 32.0 Å². The van der Waals surface area contributed by atoms with Crippen molar-refractivity contribution in [2.24, 2.45) is 4.99 Å². The number of aliphatic imine (C=N–C) groups is 1. The predicted molar refractivity (Wildman–Crippen MR) is 117 cm³/mol. The fraction of sp³-hybridized carbons (Fsp3) is 0.875. The number of hydrogen-bond acceptors (Lipinski definition) is 1. The second kappa shape index (κ2) is 17.9. The van der Waals surface area contributed by atoms with Crippen LogP contribution in [0.15, 0.2) is 17.4 Å². The molecule has 0 saturated carbocycles. The maximum absolute atomic E-state index is 4.60. The van der Waals surface area contributed by atoms with Crippen molar-refractivity contribution < 1.29 is 21.5 Å². The van der Waals surface area contributed by atoms with Crippen molar-refractivity contribution in [3.8, 4) is 0 Å². The minimum absolute atomic E-state index is 0. The lowest BCUT2D eigenvalue weighted by Crippen LogP contribution is -3.00. The molecule has 2 nitrogen and oxygen atoms in total. The summed E-state index contributed by atoms with van der Waals surface area (Å²) in [7, 11) is 0. The van der Waals surface area contributed by atoms with Gasteiger partial charge in [0.05, 0.1) is 19.3 Å². The van der Waals surface area contributed by atoms with E-state index in [0.29, 0.717) is 0 Å². The van der Waals surface area contributed by atoms with Crippen LogP contribution < -0.4 is 17.0 Å². The van der Waals surface area contributed by atoms with E-state index in [0.717, 1.165) is 4.48 Å². The minimum atomic E-state index is 0. The lowest BCUT2D eigenvalue weighted by atomic mass is 10.1. The third-order valence-corrected chi connectivity index (χ3v) is 6.08. The fourth-order valence-electron chi connectivity index (χ4n) is 4.13. The van der Waals surface area contributed by atoms with E-state index < -0.39 is 0 Å². The van der Waals surface area contributed by atoms with Crippen molar-refractivity contribution in [3.63, 3.8) is 0 Å². The summed E-state index contributed by atoms with van der Waals surface area (Å²) in [5, 5.41) is 0. The van der Waals surface area contributed by atoms with E-state index in [1.165, 1.54) is 122 Å². The molecule has 160 valence electrons. The number of rotatable bonds is 18. The Morgan fingerprint density at radius 3 is 1.33 bits per heavy atom. The minimum Gasteiger partial charge on any atom is -1.00 e. The molecule has 0 N–H and O–H groups in total. The second-order valence-corrected chi connectivity index (χ2v) is 8.41. The molecule has 0 aliphatic carbocycles. The summed E-state index contributed by atoms with van der Waals surface area (Å²) >= 11 is 0. The van der Waals surface area contributed by atoms with Gasteiger partial charge in [-0.1, -0.05) is 90.9 Å². The summed E-state index contributed by atoms with van der Waals surface area (Å²) in [6, 6.07) is 0. The summed E-state index contributed by atoms with van der Waals surface area (Å²) in [6.45, 7) is 9.34. The molecule has 27 heavy (non-hydrogen) atoms. The Labute approximate surface area is 181 Å². The molecule has 0 aromatic heterocycles. The Kier molecular flexibility index (Phi) is 17.8. The third kappa shape index (κ3) is 12.1. The van der Waals surface area contributed by atoms with Gasteiger partial charge in [0.25, 0.3) is 0 Å². The van der Waals surface area contributed by atoms with Gasteiger partial charge in [-0.25, -0.2) is 4.99 Å². The molecule has 1 rings (SSSR count). The SMILES string of the molecule is CCCCCCCCCC[N+]1(CCCCCCCCCC)C=CN=C1C.[Br-]. The van der Waals surface area contributed by atoms with Crippen LogP contribution in [-0.2, 0) is 0 Å². The first kappa shape index (κ1) is 26.9. The highest BCUT2D eigenvalue weighted by molar-refractivity contribution is 5.75. The van der Waals surface area contributed by atoms with Gasteiger partial charge in [-0.15, -0.1) is 0 Å². The van der Waals surface area contributed by atoms with Gasteiger partial charge >= 0.3 is 0 Å². The van der Waals surface area contributed by atoms with Crippen LogP contribution in [0.2, 0.25) is 0 Å². The van der Waals surface area contributed by atoms with Crippen molar-refractivity contribution in [2.45, 2.75) is 124 Å². The zero-order valence-corrected chi connectivity index (χ0v) is 20.2. The Morgan fingerprint density at radius 1 is 0.630 bits per heavy atom. The van der Waals surface area contributed by atoms with E-state index in [4.69, 9.17) is 0 Å². The normalized spacial score (nSPS) is 15.0. The van der Waals surface area contributed by atoms with Crippen LogP contribution in [0.4, 0.5) is 0 Å². The first-order valence-corrected chi connectivity index (χ1v) is 11.8. The summed E-state index contributed by atoms with van der Waals surface area (Å²) in [4.78, 5) is 4.60. The van der Waals surface area contributed by atoms with E-state index in [-0.39, 0.29) is 17.0 Å². The molecule has 0 unspecified atom stereocenters. The average Bonchev–Trinajstić information content (AvgIpc) is 3.00. The Morgan fingerprint density at radius 2 is 1.00 bits per heavy atom. The van der Waals surface area contributed by atoms with Gasteiger partial charge in [0.2, 0.25) is 5.84 Å². The summed E-state index contributed by atoms with van der Waals surface area (Å²) < 4.78 is 1.05. The molecule has 3 heteroatoms. The predicted octanol–water partition coefficient (Wildman–Crippen LogP) is 4.99. The van der Waals surface area contributed by atoms with Gasteiger partial charge in [0.1, 0.15) is 6.20 Å². The standard InChI is InChI=1S/C24H47N2.BrH/c1-4-6-8-10-12-14-16-18-21-26(23-20-25-24(26)3)22-19-17-15-13-11-9-7-5-2;/h20,23H,4-19,21-22H2,1-3H3;1H/q+1;/p-1. The van der Waals surface area contributed by atoms with Crippen molar-refractivity contribution >= 4 is 5.84 Å². The zero-order valence-electron chi connectivity index (χ0n) is 18.7. The van der Waals surface area contributed by atoms with Crippen LogP contribution >= 0.6 is 0 Å². The number of unbranched alkanes of at least 4 members (excludes halogenated alkanes) is 14. The highest BCUT2D eigenvalue weighted by Gasteiger charge is 2.31. The number of hydrogen-bond donors (Lipinski definition) is 0. The van der Waals surface area contributed by atoms with Crippen LogP contribution in [0, 0.1) is 0 Å². The molecule has 0 aromatic carbocycles. The zero-order chi connectivity index (χ0) is 18.9. The highest BCUT2D eigenvalue weighted by Crippen LogP contribution is 2.21. The van der Waals surface area contributed by atoms with Crippen LogP contribution in [0.3, 0.4) is 0 Å². The molecule has 0 spiro atoms. The Balaban J connectivity index is 0.00000676. The molecule has 1 heterocycles. The highest BCUT2D eigenvalue weighted by atomic mass is 79.9. The lowest BCUT2D eigenvalue weighted by Gasteiger charge is -2.31. The molecular weight excluding hydrogens is 396 g/mol. The first-order chi connectivity index (χ1) is 12.7.